The second-order valence-electron chi connectivity index (χ2n) is 10.4. The van der Waals surface area contributed by atoms with Crippen LogP contribution in [0, 0.1) is 5.92 Å². The molecule has 1 unspecified atom stereocenters. The van der Waals surface area contributed by atoms with Gasteiger partial charge in [0, 0.05) is 24.7 Å². The first-order valence-corrected chi connectivity index (χ1v) is 13.7. The van der Waals surface area contributed by atoms with E-state index in [1.54, 1.807) is 0 Å². The lowest BCUT2D eigenvalue weighted by Gasteiger charge is -2.33. The number of nitrogens with zero attached hydrogens (tertiary/aromatic N) is 1. The molecule has 0 saturated carbocycles. The lowest BCUT2D eigenvalue weighted by molar-refractivity contribution is -0.118. The van der Waals surface area contributed by atoms with Gasteiger partial charge in [0.2, 0.25) is 5.91 Å². The fourth-order valence-corrected chi connectivity index (χ4v) is 4.95. The number of hydrogen-bond acceptors (Lipinski definition) is 3. The predicted molar refractivity (Wildman–Crippen MR) is 154 cm³/mol. The molecule has 1 aliphatic rings. The Kier molecular flexibility index (Phi) is 9.93. The van der Waals surface area contributed by atoms with Gasteiger partial charge in [-0.15, -0.1) is 0 Å². The Morgan fingerprint density at radius 2 is 1.58 bits per heavy atom. The highest BCUT2D eigenvalue weighted by Crippen LogP contribution is 2.30. The number of likely N-dealkylation sites (tertiary alicyclic amines) is 1. The van der Waals surface area contributed by atoms with Crippen LogP contribution in [-0.2, 0) is 11.3 Å². The number of anilines is 1. The summed E-state index contributed by atoms with van der Waals surface area (Å²) in [4.78, 5) is 27.3. The SMILES string of the molecule is CC(C)C(=O)Nc1cccc(C2CCN(CCC(NC(=O)NCc3ccccc3)c3ccccc3)CC2)c1. The minimum Gasteiger partial charge on any atom is -0.334 e. The highest BCUT2D eigenvalue weighted by atomic mass is 16.2. The van der Waals surface area contributed by atoms with E-state index in [-0.39, 0.29) is 23.9 Å². The molecule has 3 aromatic carbocycles. The molecule has 6 nitrogen and oxygen atoms in total. The van der Waals surface area contributed by atoms with Crippen molar-refractivity contribution in [3.8, 4) is 0 Å². The van der Waals surface area contributed by atoms with Gasteiger partial charge in [-0.1, -0.05) is 86.6 Å². The van der Waals surface area contributed by atoms with Crippen molar-refractivity contribution in [1.29, 1.82) is 0 Å². The summed E-state index contributed by atoms with van der Waals surface area (Å²) in [6.07, 6.45) is 3.02. The standard InChI is InChI=1S/C32H40N4O2/c1-24(2)31(37)34-29-15-9-14-28(22-29)26-16-19-36(20-17-26)21-18-30(27-12-7-4-8-13-27)35-32(38)33-23-25-10-5-3-6-11-25/h3-15,22,24,26,30H,16-21,23H2,1-2H3,(H,34,37)(H2,33,35,38). The number of hydrogen-bond donors (Lipinski definition) is 3. The van der Waals surface area contributed by atoms with Crippen LogP contribution in [0.15, 0.2) is 84.9 Å². The van der Waals surface area contributed by atoms with E-state index in [1.807, 2.05) is 74.5 Å². The van der Waals surface area contributed by atoms with E-state index in [9.17, 15) is 9.59 Å². The average Bonchev–Trinajstić information content (AvgIpc) is 2.95. The molecular formula is C32H40N4O2. The molecular weight excluding hydrogens is 472 g/mol. The first-order chi connectivity index (χ1) is 18.5. The molecule has 200 valence electrons. The monoisotopic (exact) mass is 512 g/mol. The summed E-state index contributed by atoms with van der Waals surface area (Å²) < 4.78 is 0. The van der Waals surface area contributed by atoms with E-state index < -0.39 is 0 Å². The highest BCUT2D eigenvalue weighted by molar-refractivity contribution is 5.92. The van der Waals surface area contributed by atoms with Crippen LogP contribution in [-0.4, -0.2) is 36.5 Å². The molecule has 3 aromatic rings. The summed E-state index contributed by atoms with van der Waals surface area (Å²) in [5, 5.41) is 9.21. The maximum atomic E-state index is 12.7. The minimum atomic E-state index is -0.147. The Balaban J connectivity index is 1.28. The first kappa shape index (κ1) is 27.4. The Hall–Kier alpha value is -3.64. The molecule has 1 aliphatic heterocycles. The van der Waals surface area contributed by atoms with Gasteiger partial charge < -0.3 is 20.9 Å². The number of benzene rings is 3. The van der Waals surface area contributed by atoms with Crippen molar-refractivity contribution >= 4 is 17.6 Å². The topological polar surface area (TPSA) is 73.5 Å². The van der Waals surface area contributed by atoms with E-state index in [0.29, 0.717) is 12.5 Å². The van der Waals surface area contributed by atoms with Gasteiger partial charge in [-0.2, -0.15) is 0 Å². The van der Waals surface area contributed by atoms with Crippen molar-refractivity contribution < 1.29 is 9.59 Å². The van der Waals surface area contributed by atoms with Crippen molar-refractivity contribution in [3.63, 3.8) is 0 Å². The van der Waals surface area contributed by atoms with Crippen molar-refractivity contribution in [1.82, 2.24) is 15.5 Å². The zero-order valence-corrected chi connectivity index (χ0v) is 22.5. The largest absolute Gasteiger partial charge is 0.334 e. The van der Waals surface area contributed by atoms with Gasteiger partial charge in [-0.25, -0.2) is 4.79 Å². The summed E-state index contributed by atoms with van der Waals surface area (Å²) in [5.41, 5.74) is 4.38. The summed E-state index contributed by atoms with van der Waals surface area (Å²) in [6, 6.07) is 28.3. The molecule has 0 spiro atoms. The average molecular weight is 513 g/mol. The lowest BCUT2D eigenvalue weighted by atomic mass is 9.89. The smallest absolute Gasteiger partial charge is 0.315 e. The fourth-order valence-electron chi connectivity index (χ4n) is 4.95. The third-order valence-electron chi connectivity index (χ3n) is 7.27. The molecule has 6 heteroatoms. The van der Waals surface area contributed by atoms with E-state index >= 15 is 0 Å². The van der Waals surface area contributed by atoms with Gasteiger partial charge in [0.25, 0.3) is 0 Å². The Morgan fingerprint density at radius 3 is 2.26 bits per heavy atom. The van der Waals surface area contributed by atoms with Gasteiger partial charge in [-0.05, 0) is 67.1 Å². The van der Waals surface area contributed by atoms with Crippen LogP contribution in [0.25, 0.3) is 0 Å². The van der Waals surface area contributed by atoms with Crippen molar-refractivity contribution in [2.75, 3.05) is 25.0 Å². The van der Waals surface area contributed by atoms with Crippen LogP contribution in [0.3, 0.4) is 0 Å². The number of piperidine rings is 1. The molecule has 1 atom stereocenters. The fraction of sp³-hybridized carbons (Fsp3) is 0.375. The van der Waals surface area contributed by atoms with Crippen LogP contribution in [0.5, 0.6) is 0 Å². The second-order valence-corrected chi connectivity index (χ2v) is 10.4. The summed E-state index contributed by atoms with van der Waals surface area (Å²) in [5.74, 6) is 0.507. The van der Waals surface area contributed by atoms with E-state index in [0.717, 1.165) is 55.7 Å². The Morgan fingerprint density at radius 1 is 0.895 bits per heavy atom. The zero-order valence-electron chi connectivity index (χ0n) is 22.5. The van der Waals surface area contributed by atoms with Crippen molar-refractivity contribution in [3.05, 3.63) is 102 Å². The van der Waals surface area contributed by atoms with Crippen LogP contribution >= 0.6 is 0 Å². The van der Waals surface area contributed by atoms with Gasteiger partial charge in [0.1, 0.15) is 0 Å². The number of carbonyl (C=O) groups is 2. The minimum absolute atomic E-state index is 0.0361. The Labute approximate surface area is 226 Å². The third kappa shape index (κ3) is 8.18. The number of nitrogens with one attached hydrogen (secondary N) is 3. The van der Waals surface area contributed by atoms with Gasteiger partial charge in [0.05, 0.1) is 6.04 Å². The van der Waals surface area contributed by atoms with E-state index in [1.165, 1.54) is 5.56 Å². The first-order valence-electron chi connectivity index (χ1n) is 13.7. The maximum absolute atomic E-state index is 12.7. The number of rotatable bonds is 10. The van der Waals surface area contributed by atoms with E-state index in [2.05, 4.69) is 45.1 Å². The van der Waals surface area contributed by atoms with Gasteiger partial charge in [0.15, 0.2) is 0 Å². The molecule has 0 aromatic heterocycles. The number of carbonyl (C=O) groups excluding carboxylic acids is 2. The molecule has 0 radical (unpaired) electrons. The third-order valence-corrected chi connectivity index (χ3v) is 7.27. The molecule has 38 heavy (non-hydrogen) atoms. The number of urea groups is 1. The molecule has 3 amide bonds. The molecule has 0 bridgehead atoms. The highest BCUT2D eigenvalue weighted by Gasteiger charge is 2.23. The van der Waals surface area contributed by atoms with Crippen LogP contribution in [0.1, 0.15) is 61.8 Å². The second kappa shape index (κ2) is 13.8. The van der Waals surface area contributed by atoms with Crippen molar-refractivity contribution in [2.45, 2.75) is 51.6 Å². The quantitative estimate of drug-likeness (QED) is 0.308. The maximum Gasteiger partial charge on any atom is 0.315 e. The normalized spacial score (nSPS) is 15.1. The van der Waals surface area contributed by atoms with Gasteiger partial charge >= 0.3 is 6.03 Å². The van der Waals surface area contributed by atoms with Crippen LogP contribution < -0.4 is 16.0 Å². The molecule has 4 rings (SSSR count). The van der Waals surface area contributed by atoms with Crippen LogP contribution in [0.2, 0.25) is 0 Å². The van der Waals surface area contributed by atoms with Crippen LogP contribution in [0.4, 0.5) is 10.5 Å². The number of amides is 3. The molecule has 3 N–H and O–H groups in total. The van der Waals surface area contributed by atoms with Crippen molar-refractivity contribution in [2.24, 2.45) is 5.92 Å². The predicted octanol–water partition coefficient (Wildman–Crippen LogP) is 6.09. The summed E-state index contributed by atoms with van der Waals surface area (Å²) >= 11 is 0. The molecule has 1 fully saturated rings. The van der Waals surface area contributed by atoms with E-state index in [4.69, 9.17) is 0 Å². The van der Waals surface area contributed by atoms with Gasteiger partial charge in [-0.3, -0.25) is 4.79 Å². The molecule has 1 saturated heterocycles. The molecule has 1 heterocycles. The summed E-state index contributed by atoms with van der Waals surface area (Å²) in [6.45, 7) is 7.29. The summed E-state index contributed by atoms with van der Waals surface area (Å²) in [7, 11) is 0. The lowest BCUT2D eigenvalue weighted by Crippen LogP contribution is -2.40. The zero-order chi connectivity index (χ0) is 26.7. The molecule has 0 aliphatic carbocycles. The Bertz CT molecular complexity index is 1160.